The Morgan fingerprint density at radius 2 is 1.94 bits per heavy atom. The largest absolute Gasteiger partial charge is 0.465 e. The van der Waals surface area contributed by atoms with Crippen LogP contribution in [0.4, 0.5) is 5.69 Å². The minimum Gasteiger partial charge on any atom is -0.465 e. The van der Waals surface area contributed by atoms with Crippen LogP contribution in [0.15, 0.2) is 60.3 Å². The van der Waals surface area contributed by atoms with Gasteiger partial charge in [-0.05, 0) is 42.5 Å². The molecule has 7 nitrogen and oxygen atoms in total. The van der Waals surface area contributed by atoms with Crippen molar-refractivity contribution in [3.63, 3.8) is 0 Å². The van der Waals surface area contributed by atoms with E-state index >= 15 is 0 Å². The lowest BCUT2D eigenvalue weighted by atomic mass is 10.2. The molecule has 31 heavy (non-hydrogen) atoms. The van der Waals surface area contributed by atoms with Crippen LogP contribution in [-0.2, 0) is 16.1 Å². The molecule has 3 rings (SSSR count). The van der Waals surface area contributed by atoms with Gasteiger partial charge in [-0.25, -0.2) is 4.79 Å². The summed E-state index contributed by atoms with van der Waals surface area (Å²) in [7, 11) is 1.28. The molecule has 1 amide bonds. The van der Waals surface area contributed by atoms with Gasteiger partial charge in [0.05, 0.1) is 29.1 Å². The number of benzene rings is 2. The maximum atomic E-state index is 12.5. The molecule has 10 heteroatoms. The van der Waals surface area contributed by atoms with E-state index in [2.05, 4.69) is 22.1 Å². The predicted molar refractivity (Wildman–Crippen MR) is 123 cm³/mol. The van der Waals surface area contributed by atoms with Gasteiger partial charge in [0.15, 0.2) is 11.0 Å². The normalized spacial score (nSPS) is 10.5. The van der Waals surface area contributed by atoms with Gasteiger partial charge in [0.1, 0.15) is 0 Å². The number of nitrogens with one attached hydrogen (secondary N) is 1. The summed E-state index contributed by atoms with van der Waals surface area (Å²) in [5.74, 6) is -0.119. The average molecular weight is 477 g/mol. The first-order valence-corrected chi connectivity index (χ1v) is 10.8. The number of hydrogen-bond donors (Lipinski definition) is 1. The first kappa shape index (κ1) is 22.9. The van der Waals surface area contributed by atoms with Crippen LogP contribution in [0.1, 0.15) is 10.4 Å². The molecule has 1 N–H and O–H groups in total. The van der Waals surface area contributed by atoms with Gasteiger partial charge in [0.25, 0.3) is 0 Å². The van der Waals surface area contributed by atoms with Gasteiger partial charge in [-0.3, -0.25) is 9.36 Å². The lowest BCUT2D eigenvalue weighted by Gasteiger charge is -2.10. The second kappa shape index (κ2) is 10.5. The van der Waals surface area contributed by atoms with E-state index < -0.39 is 5.97 Å². The molecule has 0 fully saturated rings. The van der Waals surface area contributed by atoms with Crippen molar-refractivity contribution in [1.29, 1.82) is 0 Å². The van der Waals surface area contributed by atoms with E-state index in [4.69, 9.17) is 27.9 Å². The van der Waals surface area contributed by atoms with Gasteiger partial charge in [-0.15, -0.1) is 16.8 Å². The van der Waals surface area contributed by atoms with Crippen molar-refractivity contribution < 1.29 is 14.3 Å². The number of esters is 1. The van der Waals surface area contributed by atoms with Crippen molar-refractivity contribution in [2.45, 2.75) is 11.7 Å². The minimum atomic E-state index is -0.520. The summed E-state index contributed by atoms with van der Waals surface area (Å²) in [6, 6.07) is 11.8. The van der Waals surface area contributed by atoms with Crippen molar-refractivity contribution in [3.8, 4) is 11.4 Å². The smallest absolute Gasteiger partial charge is 0.337 e. The van der Waals surface area contributed by atoms with Gasteiger partial charge < -0.3 is 10.1 Å². The Hall–Kier alpha value is -2.81. The average Bonchev–Trinajstić information content (AvgIpc) is 3.16. The van der Waals surface area contributed by atoms with Crippen LogP contribution in [0.3, 0.4) is 0 Å². The number of methoxy groups -OCH3 is 1. The van der Waals surface area contributed by atoms with Gasteiger partial charge >= 0.3 is 5.97 Å². The summed E-state index contributed by atoms with van der Waals surface area (Å²) in [4.78, 5) is 24.2. The number of rotatable bonds is 8. The fourth-order valence-electron chi connectivity index (χ4n) is 2.68. The Morgan fingerprint density at radius 1 is 1.19 bits per heavy atom. The van der Waals surface area contributed by atoms with Gasteiger partial charge in [-0.1, -0.05) is 41.0 Å². The van der Waals surface area contributed by atoms with Crippen molar-refractivity contribution in [3.05, 3.63) is 70.7 Å². The van der Waals surface area contributed by atoms with Crippen molar-refractivity contribution in [2.24, 2.45) is 0 Å². The van der Waals surface area contributed by atoms with E-state index in [0.29, 0.717) is 33.3 Å². The zero-order valence-electron chi connectivity index (χ0n) is 16.5. The fraction of sp³-hybridized carbons (Fsp3) is 0.143. The lowest BCUT2D eigenvalue weighted by Crippen LogP contribution is -2.15. The van der Waals surface area contributed by atoms with Crippen LogP contribution in [0.2, 0.25) is 10.0 Å². The predicted octanol–water partition coefficient (Wildman–Crippen LogP) is 4.96. The molecular formula is C21H18Cl2N4O3S. The topological polar surface area (TPSA) is 86.1 Å². The minimum absolute atomic E-state index is 0.0642. The van der Waals surface area contributed by atoms with Gasteiger partial charge in [-0.2, -0.15) is 0 Å². The summed E-state index contributed by atoms with van der Waals surface area (Å²) >= 11 is 13.3. The SMILES string of the molecule is C=CCn1c(SCC(=O)Nc2cc(C(=O)OC)ccc2Cl)nnc1-c1ccc(Cl)cc1. The first-order valence-electron chi connectivity index (χ1n) is 9.03. The summed E-state index contributed by atoms with van der Waals surface area (Å²) < 4.78 is 6.55. The van der Waals surface area contributed by atoms with Crippen molar-refractivity contribution >= 4 is 52.5 Å². The molecule has 1 aromatic heterocycles. The third-order valence-corrected chi connectivity index (χ3v) is 5.67. The fourth-order valence-corrected chi connectivity index (χ4v) is 3.72. The maximum Gasteiger partial charge on any atom is 0.337 e. The highest BCUT2D eigenvalue weighted by Gasteiger charge is 2.16. The number of anilines is 1. The number of thioether (sulfide) groups is 1. The van der Waals surface area contributed by atoms with Crippen LogP contribution in [0.25, 0.3) is 11.4 Å². The molecule has 1 heterocycles. The quantitative estimate of drug-likeness (QED) is 0.281. The molecule has 0 aliphatic heterocycles. The summed E-state index contributed by atoms with van der Waals surface area (Å²) in [6.45, 7) is 4.25. The number of allylic oxidation sites excluding steroid dienone is 1. The standard InChI is InChI=1S/C21H18Cl2N4O3S/c1-3-10-27-19(13-4-7-15(22)8-5-13)25-26-21(27)31-12-18(28)24-17-11-14(20(29)30-2)6-9-16(17)23/h3-9,11H,1,10,12H2,2H3,(H,24,28). The number of halogens is 2. The molecule has 160 valence electrons. The molecule has 0 aliphatic rings. The monoisotopic (exact) mass is 476 g/mol. The van der Waals surface area contributed by atoms with Crippen molar-refractivity contribution in [2.75, 3.05) is 18.2 Å². The third-order valence-electron chi connectivity index (χ3n) is 4.12. The van der Waals surface area contributed by atoms with E-state index in [0.717, 1.165) is 5.56 Å². The molecule has 0 saturated carbocycles. The van der Waals surface area contributed by atoms with E-state index in [1.54, 1.807) is 18.2 Å². The Morgan fingerprint density at radius 3 is 2.61 bits per heavy atom. The zero-order valence-corrected chi connectivity index (χ0v) is 18.8. The number of ether oxygens (including phenoxy) is 1. The number of hydrogen-bond acceptors (Lipinski definition) is 6. The Kier molecular flexibility index (Phi) is 7.73. The van der Waals surface area contributed by atoms with Crippen LogP contribution in [0, 0.1) is 0 Å². The number of amides is 1. The molecule has 3 aromatic rings. The second-order valence-electron chi connectivity index (χ2n) is 6.24. The number of carbonyl (C=O) groups excluding carboxylic acids is 2. The lowest BCUT2D eigenvalue weighted by molar-refractivity contribution is -0.113. The highest BCUT2D eigenvalue weighted by molar-refractivity contribution is 7.99. The van der Waals surface area contributed by atoms with Crippen LogP contribution < -0.4 is 5.32 Å². The number of nitrogens with zero attached hydrogens (tertiary/aromatic N) is 3. The molecule has 0 radical (unpaired) electrons. The Bertz CT molecular complexity index is 1120. The third kappa shape index (κ3) is 5.66. The van der Waals surface area contributed by atoms with Gasteiger partial charge in [0.2, 0.25) is 5.91 Å². The number of aromatic nitrogens is 3. The van der Waals surface area contributed by atoms with E-state index in [9.17, 15) is 9.59 Å². The molecule has 0 saturated heterocycles. The molecule has 2 aromatic carbocycles. The Labute approximate surface area is 193 Å². The highest BCUT2D eigenvalue weighted by Crippen LogP contribution is 2.27. The van der Waals surface area contributed by atoms with Crippen LogP contribution in [-0.4, -0.2) is 39.5 Å². The molecule has 0 atom stereocenters. The molecule has 0 spiro atoms. The van der Waals surface area contributed by atoms with Gasteiger partial charge in [0, 0.05) is 17.1 Å². The molecule has 0 bridgehead atoms. The maximum absolute atomic E-state index is 12.5. The second-order valence-corrected chi connectivity index (χ2v) is 8.02. The van der Waals surface area contributed by atoms with Crippen LogP contribution in [0.5, 0.6) is 0 Å². The first-order chi connectivity index (χ1) is 14.9. The molecule has 0 aliphatic carbocycles. The van der Waals surface area contributed by atoms with Crippen LogP contribution >= 0.6 is 35.0 Å². The zero-order chi connectivity index (χ0) is 22.4. The van der Waals surface area contributed by atoms with E-state index in [1.165, 1.54) is 37.1 Å². The highest BCUT2D eigenvalue weighted by atomic mass is 35.5. The summed E-state index contributed by atoms with van der Waals surface area (Å²) in [6.07, 6.45) is 1.73. The Balaban J connectivity index is 1.72. The summed E-state index contributed by atoms with van der Waals surface area (Å²) in [5.41, 5.74) is 1.46. The van der Waals surface area contributed by atoms with Crippen molar-refractivity contribution in [1.82, 2.24) is 14.8 Å². The van der Waals surface area contributed by atoms with E-state index in [1.807, 2.05) is 16.7 Å². The number of carbonyl (C=O) groups is 2. The molecule has 0 unspecified atom stereocenters. The molecular weight excluding hydrogens is 459 g/mol. The van der Waals surface area contributed by atoms with E-state index in [-0.39, 0.29) is 17.2 Å². The summed E-state index contributed by atoms with van der Waals surface area (Å²) in [5, 5.41) is 12.7.